The molecule has 3 aromatic rings. The highest BCUT2D eigenvalue weighted by Gasteiger charge is 2.29. The molecule has 0 saturated carbocycles. The lowest BCUT2D eigenvalue weighted by Gasteiger charge is -2.12. The summed E-state index contributed by atoms with van der Waals surface area (Å²) in [4.78, 5) is 12.6. The number of ether oxygens (including phenoxy) is 2. The van der Waals surface area contributed by atoms with E-state index in [2.05, 4.69) is 0 Å². The van der Waals surface area contributed by atoms with Crippen LogP contribution in [0.1, 0.15) is 27.0 Å². The number of rotatable bonds is 5. The van der Waals surface area contributed by atoms with Gasteiger partial charge in [-0.05, 0) is 42.8 Å². The molecule has 0 spiro atoms. The summed E-state index contributed by atoms with van der Waals surface area (Å²) in [6.45, 7) is 1.47. The minimum absolute atomic E-state index is 0.152. The van der Waals surface area contributed by atoms with Crippen LogP contribution >= 0.6 is 0 Å². The van der Waals surface area contributed by atoms with Gasteiger partial charge in [-0.15, -0.1) is 0 Å². The van der Waals surface area contributed by atoms with Crippen LogP contribution in [0.3, 0.4) is 0 Å². The van der Waals surface area contributed by atoms with Crippen molar-refractivity contribution in [2.75, 3.05) is 0 Å². The molecule has 0 bridgehead atoms. The molecule has 0 aliphatic carbocycles. The second kappa shape index (κ2) is 8.33. The van der Waals surface area contributed by atoms with E-state index in [-0.39, 0.29) is 23.7 Å². The highest BCUT2D eigenvalue weighted by molar-refractivity contribution is 6.12. The monoisotopic (exact) mass is 404 g/mol. The SMILES string of the molecule is Cc1c(OCc2c(F)cccc2F)ccc2c1O/C(=C\C=C\c1ccccc1)C2=O. The molecular formula is C25H18F2O3. The van der Waals surface area contributed by atoms with Crippen molar-refractivity contribution in [2.24, 2.45) is 0 Å². The molecule has 4 rings (SSSR count). The standard InChI is InChI=1S/C25H18F2O3/c1-16-22(29-15-19-20(26)10-6-11-21(19)27)14-13-18-24(28)23(30-25(16)18)12-5-9-17-7-3-2-4-8-17/h2-14H,15H2,1H3/b9-5+,23-12-. The number of Topliss-reactive ketones (excluding diaryl/α,β-unsaturated/α-hetero) is 1. The summed E-state index contributed by atoms with van der Waals surface area (Å²) >= 11 is 0. The van der Waals surface area contributed by atoms with Gasteiger partial charge in [-0.1, -0.05) is 48.6 Å². The Balaban J connectivity index is 1.53. The Bertz CT molecular complexity index is 1140. The van der Waals surface area contributed by atoms with E-state index in [9.17, 15) is 13.6 Å². The van der Waals surface area contributed by atoms with Crippen LogP contribution in [0.15, 0.2) is 78.6 Å². The zero-order chi connectivity index (χ0) is 21.1. The number of hydrogen-bond acceptors (Lipinski definition) is 3. The van der Waals surface area contributed by atoms with E-state index in [1.807, 2.05) is 36.4 Å². The van der Waals surface area contributed by atoms with E-state index in [0.717, 1.165) is 5.56 Å². The normalized spacial score (nSPS) is 14.2. The number of hydrogen-bond donors (Lipinski definition) is 0. The summed E-state index contributed by atoms with van der Waals surface area (Å²) < 4.78 is 39.0. The number of allylic oxidation sites excluding steroid dienone is 3. The van der Waals surface area contributed by atoms with E-state index < -0.39 is 11.6 Å². The fourth-order valence-corrected chi connectivity index (χ4v) is 3.17. The molecule has 0 N–H and O–H groups in total. The maximum atomic E-state index is 13.8. The van der Waals surface area contributed by atoms with Crippen LogP contribution in [0.5, 0.6) is 11.5 Å². The quantitative estimate of drug-likeness (QED) is 0.488. The van der Waals surface area contributed by atoms with Gasteiger partial charge in [0.2, 0.25) is 5.78 Å². The van der Waals surface area contributed by atoms with Crippen molar-refractivity contribution < 1.29 is 23.0 Å². The van der Waals surface area contributed by atoms with Gasteiger partial charge in [0.05, 0.1) is 11.1 Å². The third-order valence-corrected chi connectivity index (χ3v) is 4.81. The van der Waals surface area contributed by atoms with Crippen molar-refractivity contribution in [1.82, 2.24) is 0 Å². The maximum Gasteiger partial charge on any atom is 0.231 e. The molecule has 0 saturated heterocycles. The van der Waals surface area contributed by atoms with Crippen LogP contribution in [0, 0.1) is 18.6 Å². The van der Waals surface area contributed by atoms with Crippen LogP contribution in [0.25, 0.3) is 6.08 Å². The van der Waals surface area contributed by atoms with Gasteiger partial charge in [-0.2, -0.15) is 0 Å². The predicted octanol–water partition coefficient (Wildman–Crippen LogP) is 6.02. The lowest BCUT2D eigenvalue weighted by atomic mass is 10.1. The van der Waals surface area contributed by atoms with Crippen molar-refractivity contribution in [2.45, 2.75) is 13.5 Å². The largest absolute Gasteiger partial charge is 0.488 e. The molecule has 0 radical (unpaired) electrons. The van der Waals surface area contributed by atoms with Crippen molar-refractivity contribution in [3.8, 4) is 11.5 Å². The first-order chi connectivity index (χ1) is 14.5. The highest BCUT2D eigenvalue weighted by atomic mass is 19.1. The number of carbonyl (C=O) groups excluding carboxylic acids is 1. The van der Waals surface area contributed by atoms with Crippen molar-refractivity contribution >= 4 is 11.9 Å². The zero-order valence-electron chi connectivity index (χ0n) is 16.2. The van der Waals surface area contributed by atoms with E-state index in [1.54, 1.807) is 31.2 Å². The van der Waals surface area contributed by atoms with Gasteiger partial charge in [0.25, 0.3) is 0 Å². The van der Waals surface area contributed by atoms with Gasteiger partial charge < -0.3 is 9.47 Å². The average molecular weight is 404 g/mol. The molecule has 1 aliphatic heterocycles. The number of carbonyl (C=O) groups is 1. The zero-order valence-corrected chi connectivity index (χ0v) is 16.2. The van der Waals surface area contributed by atoms with Crippen LogP contribution < -0.4 is 9.47 Å². The first-order valence-electron chi connectivity index (χ1n) is 9.40. The summed E-state index contributed by atoms with van der Waals surface area (Å²) in [5.41, 5.74) is 1.87. The van der Waals surface area contributed by atoms with Crippen molar-refractivity contribution in [1.29, 1.82) is 0 Å². The molecule has 30 heavy (non-hydrogen) atoms. The summed E-state index contributed by atoms with van der Waals surface area (Å²) in [6.07, 6.45) is 5.24. The van der Waals surface area contributed by atoms with Crippen LogP contribution in [0.2, 0.25) is 0 Å². The Morgan fingerprint density at radius 3 is 2.43 bits per heavy atom. The molecule has 150 valence electrons. The van der Waals surface area contributed by atoms with Gasteiger partial charge in [-0.3, -0.25) is 4.79 Å². The van der Waals surface area contributed by atoms with Crippen LogP contribution in [0.4, 0.5) is 8.78 Å². The summed E-state index contributed by atoms with van der Waals surface area (Å²) in [5, 5.41) is 0. The third kappa shape index (κ3) is 3.87. The molecule has 5 heteroatoms. The number of ketones is 1. The van der Waals surface area contributed by atoms with Crippen LogP contribution in [-0.4, -0.2) is 5.78 Å². The van der Waals surface area contributed by atoms with E-state index in [1.165, 1.54) is 18.2 Å². The minimum atomic E-state index is -0.671. The minimum Gasteiger partial charge on any atom is -0.488 e. The topological polar surface area (TPSA) is 35.5 Å². The number of benzene rings is 3. The second-order valence-corrected chi connectivity index (χ2v) is 6.79. The fourth-order valence-electron chi connectivity index (χ4n) is 3.17. The fraction of sp³-hybridized carbons (Fsp3) is 0.0800. The molecule has 0 aromatic heterocycles. The first kappa shape index (κ1) is 19.6. The Labute approximate surface area is 172 Å². The van der Waals surface area contributed by atoms with E-state index in [4.69, 9.17) is 9.47 Å². The molecular weight excluding hydrogens is 386 g/mol. The van der Waals surface area contributed by atoms with Gasteiger partial charge in [0.15, 0.2) is 5.76 Å². The Kier molecular flexibility index (Phi) is 5.44. The van der Waals surface area contributed by atoms with Gasteiger partial charge >= 0.3 is 0 Å². The first-order valence-corrected chi connectivity index (χ1v) is 9.40. The van der Waals surface area contributed by atoms with Crippen molar-refractivity contribution in [3.05, 3.63) is 112 Å². The summed E-state index contributed by atoms with van der Waals surface area (Å²) in [5.74, 6) is -0.572. The van der Waals surface area contributed by atoms with Gasteiger partial charge in [-0.25, -0.2) is 8.78 Å². The maximum absolute atomic E-state index is 13.8. The molecule has 1 heterocycles. The Hall–Kier alpha value is -3.73. The smallest absolute Gasteiger partial charge is 0.231 e. The number of fused-ring (bicyclic) bond motifs is 1. The molecule has 0 atom stereocenters. The third-order valence-electron chi connectivity index (χ3n) is 4.81. The molecule has 0 amide bonds. The predicted molar refractivity (Wildman–Crippen MR) is 110 cm³/mol. The lowest BCUT2D eigenvalue weighted by Crippen LogP contribution is -2.03. The van der Waals surface area contributed by atoms with E-state index in [0.29, 0.717) is 22.6 Å². The van der Waals surface area contributed by atoms with Gasteiger partial charge in [0, 0.05) is 5.56 Å². The van der Waals surface area contributed by atoms with Crippen LogP contribution in [-0.2, 0) is 6.61 Å². The Morgan fingerprint density at radius 2 is 1.70 bits per heavy atom. The molecule has 0 fully saturated rings. The molecule has 1 aliphatic rings. The van der Waals surface area contributed by atoms with Gasteiger partial charge in [0.1, 0.15) is 29.7 Å². The van der Waals surface area contributed by atoms with E-state index >= 15 is 0 Å². The highest BCUT2D eigenvalue weighted by Crippen LogP contribution is 2.39. The molecule has 3 aromatic carbocycles. The second-order valence-electron chi connectivity index (χ2n) is 6.79. The van der Waals surface area contributed by atoms with Crippen molar-refractivity contribution in [3.63, 3.8) is 0 Å². The number of halogens is 2. The molecule has 3 nitrogen and oxygen atoms in total. The lowest BCUT2D eigenvalue weighted by molar-refractivity contribution is 0.101. The summed E-state index contributed by atoms with van der Waals surface area (Å²) in [6, 6.07) is 16.6. The summed E-state index contributed by atoms with van der Waals surface area (Å²) in [7, 11) is 0. The molecule has 0 unspecified atom stereocenters. The Morgan fingerprint density at radius 1 is 0.967 bits per heavy atom. The average Bonchev–Trinajstić information content (AvgIpc) is 3.06.